The van der Waals surface area contributed by atoms with E-state index in [1.165, 1.54) is 0 Å². The number of rotatable bonds is 1. The SMILES string of the molecule is O=C(O)c1nc2ccc(I)cn2c1Cl. The molecule has 0 aliphatic rings. The summed E-state index contributed by atoms with van der Waals surface area (Å²) in [6, 6.07) is 3.56. The summed E-state index contributed by atoms with van der Waals surface area (Å²) in [4.78, 5) is 14.6. The number of fused-ring (bicyclic) bond motifs is 1. The number of aromatic carboxylic acids is 1. The third kappa shape index (κ3) is 1.46. The minimum Gasteiger partial charge on any atom is -0.476 e. The highest BCUT2D eigenvalue weighted by atomic mass is 127. The molecule has 4 nitrogen and oxygen atoms in total. The van der Waals surface area contributed by atoms with Crippen molar-refractivity contribution < 1.29 is 9.90 Å². The average Bonchev–Trinajstić information content (AvgIpc) is 2.44. The second-order valence-corrected chi connectivity index (χ2v) is 4.24. The van der Waals surface area contributed by atoms with Crippen molar-refractivity contribution >= 4 is 45.8 Å². The fourth-order valence-corrected chi connectivity index (χ4v) is 1.84. The van der Waals surface area contributed by atoms with Crippen molar-refractivity contribution in [3.05, 3.63) is 32.7 Å². The van der Waals surface area contributed by atoms with Crippen LogP contribution in [0.4, 0.5) is 0 Å². The van der Waals surface area contributed by atoms with E-state index in [2.05, 4.69) is 27.6 Å². The lowest BCUT2D eigenvalue weighted by molar-refractivity contribution is 0.0691. The number of aromatic nitrogens is 2. The maximum absolute atomic E-state index is 10.7. The molecule has 0 saturated carbocycles. The number of pyridine rings is 1. The van der Waals surface area contributed by atoms with Gasteiger partial charge in [-0.15, -0.1) is 0 Å². The van der Waals surface area contributed by atoms with Crippen LogP contribution in [-0.4, -0.2) is 20.5 Å². The number of hydrogen-bond donors (Lipinski definition) is 1. The van der Waals surface area contributed by atoms with E-state index in [0.29, 0.717) is 5.65 Å². The number of carboxylic acids is 1. The van der Waals surface area contributed by atoms with E-state index in [1.807, 2.05) is 6.07 Å². The first-order valence-electron chi connectivity index (χ1n) is 3.66. The van der Waals surface area contributed by atoms with Gasteiger partial charge in [-0.2, -0.15) is 0 Å². The van der Waals surface area contributed by atoms with E-state index >= 15 is 0 Å². The summed E-state index contributed by atoms with van der Waals surface area (Å²) in [6.07, 6.45) is 1.73. The Morgan fingerprint density at radius 2 is 2.29 bits per heavy atom. The molecule has 0 amide bonds. The van der Waals surface area contributed by atoms with Gasteiger partial charge in [0, 0.05) is 9.77 Å². The van der Waals surface area contributed by atoms with Crippen molar-refractivity contribution in [3.8, 4) is 0 Å². The highest BCUT2D eigenvalue weighted by Crippen LogP contribution is 2.19. The molecule has 0 atom stereocenters. The van der Waals surface area contributed by atoms with E-state index < -0.39 is 5.97 Å². The third-order valence-electron chi connectivity index (χ3n) is 1.73. The van der Waals surface area contributed by atoms with E-state index in [4.69, 9.17) is 16.7 Å². The highest BCUT2D eigenvalue weighted by molar-refractivity contribution is 14.1. The van der Waals surface area contributed by atoms with Crippen molar-refractivity contribution in [2.24, 2.45) is 0 Å². The van der Waals surface area contributed by atoms with Crippen LogP contribution in [0.1, 0.15) is 10.5 Å². The smallest absolute Gasteiger partial charge is 0.357 e. The number of carbonyl (C=O) groups is 1. The van der Waals surface area contributed by atoms with Gasteiger partial charge in [0.1, 0.15) is 10.8 Å². The highest BCUT2D eigenvalue weighted by Gasteiger charge is 2.15. The lowest BCUT2D eigenvalue weighted by Gasteiger charge is -1.94. The first-order valence-corrected chi connectivity index (χ1v) is 5.11. The van der Waals surface area contributed by atoms with Gasteiger partial charge in [0.05, 0.1) is 0 Å². The van der Waals surface area contributed by atoms with Crippen LogP contribution in [0.5, 0.6) is 0 Å². The van der Waals surface area contributed by atoms with Gasteiger partial charge in [-0.3, -0.25) is 4.40 Å². The Morgan fingerprint density at radius 3 is 2.93 bits per heavy atom. The van der Waals surface area contributed by atoms with Crippen LogP contribution in [0.25, 0.3) is 5.65 Å². The van der Waals surface area contributed by atoms with Crippen molar-refractivity contribution in [3.63, 3.8) is 0 Å². The molecule has 0 aliphatic carbocycles. The fraction of sp³-hybridized carbons (Fsp3) is 0. The maximum Gasteiger partial charge on any atom is 0.357 e. The standard InChI is InChI=1S/C8H4ClIN2O2/c9-7-6(8(13)14)11-5-2-1-4(10)3-12(5)7/h1-3H,(H,13,14). The van der Waals surface area contributed by atoms with Gasteiger partial charge in [-0.25, -0.2) is 9.78 Å². The van der Waals surface area contributed by atoms with Crippen LogP contribution in [-0.2, 0) is 0 Å². The summed E-state index contributed by atoms with van der Waals surface area (Å²) in [6.45, 7) is 0. The van der Waals surface area contributed by atoms with Crippen LogP contribution >= 0.6 is 34.2 Å². The normalized spacial score (nSPS) is 10.7. The molecule has 2 aromatic heterocycles. The number of hydrogen-bond acceptors (Lipinski definition) is 2. The molecular formula is C8H4ClIN2O2. The molecule has 0 aliphatic heterocycles. The Bertz CT molecular complexity index is 523. The second-order valence-electron chi connectivity index (χ2n) is 2.63. The molecule has 14 heavy (non-hydrogen) atoms. The quantitative estimate of drug-likeness (QED) is 0.820. The molecule has 2 rings (SSSR count). The van der Waals surface area contributed by atoms with Crippen LogP contribution in [0, 0.1) is 3.57 Å². The van der Waals surface area contributed by atoms with E-state index in [1.54, 1.807) is 16.7 Å². The summed E-state index contributed by atoms with van der Waals surface area (Å²) in [5, 5.41) is 8.90. The summed E-state index contributed by atoms with van der Waals surface area (Å²) in [5.74, 6) is -1.12. The van der Waals surface area contributed by atoms with Gasteiger partial charge in [-0.05, 0) is 34.7 Å². The Morgan fingerprint density at radius 1 is 1.57 bits per heavy atom. The van der Waals surface area contributed by atoms with E-state index in [0.717, 1.165) is 3.57 Å². The summed E-state index contributed by atoms with van der Waals surface area (Å²) in [7, 11) is 0. The number of imidazole rings is 1. The average molecular weight is 322 g/mol. The second kappa shape index (κ2) is 3.39. The summed E-state index contributed by atoms with van der Waals surface area (Å²) >= 11 is 7.96. The van der Waals surface area contributed by atoms with E-state index in [-0.39, 0.29) is 10.8 Å². The number of carboxylic acid groups (broad SMARTS) is 1. The molecule has 0 radical (unpaired) electrons. The van der Waals surface area contributed by atoms with Crippen LogP contribution in [0.3, 0.4) is 0 Å². The largest absolute Gasteiger partial charge is 0.476 e. The topological polar surface area (TPSA) is 54.6 Å². The zero-order valence-corrected chi connectivity index (χ0v) is 9.65. The van der Waals surface area contributed by atoms with Gasteiger partial charge in [0.15, 0.2) is 5.69 Å². The lowest BCUT2D eigenvalue weighted by Crippen LogP contribution is -1.96. The van der Waals surface area contributed by atoms with Gasteiger partial charge < -0.3 is 5.11 Å². The molecule has 1 N–H and O–H groups in total. The molecule has 72 valence electrons. The molecular weight excluding hydrogens is 318 g/mol. The minimum atomic E-state index is -1.12. The molecule has 0 aromatic carbocycles. The Kier molecular flexibility index (Phi) is 2.36. The Labute approximate surface area is 97.7 Å². The molecule has 0 fully saturated rings. The molecule has 0 saturated heterocycles. The minimum absolute atomic E-state index is 0.117. The molecule has 0 bridgehead atoms. The Balaban J connectivity index is 2.80. The lowest BCUT2D eigenvalue weighted by atomic mass is 10.5. The zero-order chi connectivity index (χ0) is 10.3. The first kappa shape index (κ1) is 9.72. The maximum atomic E-state index is 10.7. The van der Waals surface area contributed by atoms with Crippen LogP contribution in [0.15, 0.2) is 18.3 Å². The number of halogens is 2. The van der Waals surface area contributed by atoms with Crippen molar-refractivity contribution in [2.45, 2.75) is 0 Å². The Hall–Kier alpha value is -0.820. The van der Waals surface area contributed by atoms with Crippen LogP contribution in [0.2, 0.25) is 5.15 Å². The predicted octanol–water partition coefficient (Wildman–Crippen LogP) is 2.29. The summed E-state index contributed by atoms with van der Waals surface area (Å²) in [5.41, 5.74) is 0.418. The van der Waals surface area contributed by atoms with Crippen molar-refractivity contribution in [1.82, 2.24) is 9.38 Å². The van der Waals surface area contributed by atoms with Crippen molar-refractivity contribution in [1.29, 1.82) is 0 Å². The molecule has 2 heterocycles. The van der Waals surface area contributed by atoms with Gasteiger partial charge >= 0.3 is 5.97 Å². The number of nitrogens with zero attached hydrogens (tertiary/aromatic N) is 2. The molecule has 2 aromatic rings. The fourth-order valence-electron chi connectivity index (χ4n) is 1.13. The third-order valence-corrected chi connectivity index (χ3v) is 2.73. The van der Waals surface area contributed by atoms with Gasteiger partial charge in [0.2, 0.25) is 0 Å². The monoisotopic (exact) mass is 322 g/mol. The zero-order valence-electron chi connectivity index (χ0n) is 6.74. The molecule has 0 spiro atoms. The summed E-state index contributed by atoms with van der Waals surface area (Å²) < 4.78 is 2.51. The van der Waals surface area contributed by atoms with Gasteiger partial charge in [-0.1, -0.05) is 11.6 Å². The van der Waals surface area contributed by atoms with Crippen molar-refractivity contribution in [2.75, 3.05) is 0 Å². The first-order chi connectivity index (χ1) is 6.59. The molecule has 6 heteroatoms. The van der Waals surface area contributed by atoms with E-state index in [9.17, 15) is 4.79 Å². The predicted molar refractivity (Wildman–Crippen MR) is 59.9 cm³/mol. The molecule has 0 unspecified atom stereocenters. The van der Waals surface area contributed by atoms with Gasteiger partial charge in [0.25, 0.3) is 0 Å². The van der Waals surface area contributed by atoms with Crippen LogP contribution < -0.4 is 0 Å².